The molecule has 27 heavy (non-hydrogen) atoms. The second kappa shape index (κ2) is 8.63. The van der Waals surface area contributed by atoms with E-state index in [9.17, 15) is 9.59 Å². The summed E-state index contributed by atoms with van der Waals surface area (Å²) in [5.74, 6) is 0.0213. The van der Waals surface area contributed by atoms with Gasteiger partial charge in [0.2, 0.25) is 0 Å². The van der Waals surface area contributed by atoms with Crippen molar-refractivity contribution in [2.45, 2.75) is 58.6 Å². The molecule has 1 fully saturated rings. The molecule has 1 amide bonds. The normalized spacial score (nSPS) is 22.9. The Labute approximate surface area is 161 Å². The highest BCUT2D eigenvalue weighted by Gasteiger charge is 2.44. The number of benzene rings is 1. The Morgan fingerprint density at radius 3 is 2.33 bits per heavy atom. The van der Waals surface area contributed by atoms with Crippen molar-refractivity contribution >= 4 is 12.1 Å². The molecule has 0 spiro atoms. The Bertz CT molecular complexity index is 650. The maximum Gasteiger partial charge on any atom is 0.410 e. The van der Waals surface area contributed by atoms with E-state index >= 15 is 0 Å². The van der Waals surface area contributed by atoms with Gasteiger partial charge in [0, 0.05) is 18.5 Å². The van der Waals surface area contributed by atoms with E-state index in [0.29, 0.717) is 19.6 Å². The number of carbonyl (C=O) groups excluding carboxylic acids is 2. The molecule has 1 aromatic carbocycles. The van der Waals surface area contributed by atoms with E-state index in [0.717, 1.165) is 11.3 Å². The average Bonchev–Trinajstić information content (AvgIpc) is 2.60. The van der Waals surface area contributed by atoms with Gasteiger partial charge in [0.05, 0.1) is 19.6 Å². The van der Waals surface area contributed by atoms with Gasteiger partial charge in [-0.25, -0.2) is 4.79 Å². The fourth-order valence-corrected chi connectivity index (χ4v) is 3.59. The number of carbonyl (C=O) groups is 2. The SMILES string of the molecule is CCOC(=O)[C@H]1[C@@H](C)N(C(=O)OC(C)(C)C)CC[C@H]1c1ccc(OC)cc1. The summed E-state index contributed by atoms with van der Waals surface area (Å²) in [5, 5.41) is 0. The van der Waals surface area contributed by atoms with Gasteiger partial charge < -0.3 is 19.1 Å². The maximum atomic E-state index is 12.7. The molecule has 0 N–H and O–H groups in total. The molecular formula is C21H31NO5. The zero-order valence-corrected chi connectivity index (χ0v) is 17.2. The van der Waals surface area contributed by atoms with Gasteiger partial charge in [-0.3, -0.25) is 4.79 Å². The molecule has 3 atom stereocenters. The smallest absolute Gasteiger partial charge is 0.410 e. The summed E-state index contributed by atoms with van der Waals surface area (Å²) >= 11 is 0. The Balaban J connectivity index is 2.28. The molecule has 1 heterocycles. The van der Waals surface area contributed by atoms with Crippen molar-refractivity contribution in [1.82, 2.24) is 4.90 Å². The summed E-state index contributed by atoms with van der Waals surface area (Å²) in [6.45, 7) is 10.0. The van der Waals surface area contributed by atoms with Crippen LogP contribution in [0.25, 0.3) is 0 Å². The van der Waals surface area contributed by atoms with Crippen molar-refractivity contribution in [3.8, 4) is 5.75 Å². The summed E-state index contributed by atoms with van der Waals surface area (Å²) in [5.41, 5.74) is 0.466. The van der Waals surface area contributed by atoms with Crippen molar-refractivity contribution in [1.29, 1.82) is 0 Å². The van der Waals surface area contributed by atoms with Gasteiger partial charge >= 0.3 is 12.1 Å². The Morgan fingerprint density at radius 2 is 1.81 bits per heavy atom. The third-order valence-electron chi connectivity index (χ3n) is 4.86. The number of esters is 1. The average molecular weight is 377 g/mol. The number of rotatable bonds is 4. The summed E-state index contributed by atoms with van der Waals surface area (Å²) in [6.07, 6.45) is 0.275. The number of likely N-dealkylation sites (tertiary alicyclic amines) is 1. The first-order valence-corrected chi connectivity index (χ1v) is 9.48. The van der Waals surface area contributed by atoms with E-state index in [1.165, 1.54) is 0 Å². The van der Waals surface area contributed by atoms with E-state index in [-0.39, 0.29) is 17.9 Å². The monoisotopic (exact) mass is 377 g/mol. The van der Waals surface area contributed by atoms with Crippen LogP contribution >= 0.6 is 0 Å². The van der Waals surface area contributed by atoms with Crippen LogP contribution in [-0.2, 0) is 14.3 Å². The highest BCUT2D eigenvalue weighted by molar-refractivity contribution is 5.77. The molecule has 0 bridgehead atoms. The van der Waals surface area contributed by atoms with Crippen LogP contribution < -0.4 is 4.74 Å². The largest absolute Gasteiger partial charge is 0.497 e. The molecule has 0 unspecified atom stereocenters. The van der Waals surface area contributed by atoms with Crippen LogP contribution in [0, 0.1) is 5.92 Å². The first-order valence-electron chi connectivity index (χ1n) is 9.48. The minimum atomic E-state index is -0.580. The van der Waals surface area contributed by atoms with E-state index in [1.807, 2.05) is 52.0 Å². The predicted octanol–water partition coefficient (Wildman–Crippen LogP) is 3.99. The summed E-state index contributed by atoms with van der Waals surface area (Å²) in [6, 6.07) is 7.42. The fourth-order valence-electron chi connectivity index (χ4n) is 3.59. The molecule has 0 saturated carbocycles. The molecule has 0 radical (unpaired) electrons. The molecule has 1 saturated heterocycles. The Hall–Kier alpha value is -2.24. The minimum Gasteiger partial charge on any atom is -0.497 e. The molecular weight excluding hydrogens is 346 g/mol. The topological polar surface area (TPSA) is 65.1 Å². The zero-order valence-electron chi connectivity index (χ0n) is 17.2. The van der Waals surface area contributed by atoms with Crippen LogP contribution in [0.15, 0.2) is 24.3 Å². The third-order valence-corrected chi connectivity index (χ3v) is 4.86. The molecule has 2 rings (SSSR count). The van der Waals surface area contributed by atoms with Crippen LogP contribution in [0.3, 0.4) is 0 Å². The van der Waals surface area contributed by atoms with Gasteiger partial charge in [-0.1, -0.05) is 12.1 Å². The number of nitrogens with zero attached hydrogens (tertiary/aromatic N) is 1. The molecule has 0 aliphatic carbocycles. The summed E-state index contributed by atoms with van der Waals surface area (Å²) in [7, 11) is 1.62. The number of ether oxygens (including phenoxy) is 3. The number of hydrogen-bond acceptors (Lipinski definition) is 5. The van der Waals surface area contributed by atoms with Crippen molar-refractivity contribution in [2.24, 2.45) is 5.92 Å². The number of piperidine rings is 1. The van der Waals surface area contributed by atoms with Gasteiger partial charge in [0.1, 0.15) is 11.4 Å². The van der Waals surface area contributed by atoms with Crippen LogP contribution in [0.2, 0.25) is 0 Å². The quantitative estimate of drug-likeness (QED) is 0.743. The predicted molar refractivity (Wildman–Crippen MR) is 103 cm³/mol. The first-order chi connectivity index (χ1) is 12.7. The second-order valence-corrected chi connectivity index (χ2v) is 7.86. The second-order valence-electron chi connectivity index (χ2n) is 7.86. The van der Waals surface area contributed by atoms with Gasteiger partial charge in [-0.05, 0) is 58.7 Å². The lowest BCUT2D eigenvalue weighted by molar-refractivity contribution is -0.152. The lowest BCUT2D eigenvalue weighted by Gasteiger charge is -2.43. The number of hydrogen-bond donors (Lipinski definition) is 0. The molecule has 1 aliphatic rings. The van der Waals surface area contributed by atoms with E-state index in [4.69, 9.17) is 14.2 Å². The Kier molecular flexibility index (Phi) is 6.73. The van der Waals surface area contributed by atoms with E-state index in [2.05, 4.69) is 0 Å². The summed E-state index contributed by atoms with van der Waals surface area (Å²) < 4.78 is 16.1. The number of amides is 1. The van der Waals surface area contributed by atoms with Gasteiger partial charge in [-0.15, -0.1) is 0 Å². The highest BCUT2D eigenvalue weighted by atomic mass is 16.6. The van der Waals surface area contributed by atoms with Crippen LogP contribution in [0.1, 0.15) is 52.5 Å². The van der Waals surface area contributed by atoms with Crippen molar-refractivity contribution in [2.75, 3.05) is 20.3 Å². The van der Waals surface area contributed by atoms with E-state index in [1.54, 1.807) is 18.9 Å². The van der Waals surface area contributed by atoms with Crippen molar-refractivity contribution in [3.05, 3.63) is 29.8 Å². The molecule has 1 aromatic rings. The van der Waals surface area contributed by atoms with Gasteiger partial charge in [-0.2, -0.15) is 0 Å². The van der Waals surface area contributed by atoms with Crippen LogP contribution in [0.5, 0.6) is 5.75 Å². The summed E-state index contributed by atoms with van der Waals surface area (Å²) in [4.78, 5) is 27.0. The zero-order chi connectivity index (χ0) is 20.2. The van der Waals surface area contributed by atoms with Crippen molar-refractivity contribution in [3.63, 3.8) is 0 Å². The Morgan fingerprint density at radius 1 is 1.19 bits per heavy atom. The van der Waals surface area contributed by atoms with Crippen LogP contribution in [0.4, 0.5) is 4.79 Å². The third kappa shape index (κ3) is 5.15. The lowest BCUT2D eigenvalue weighted by atomic mass is 9.76. The maximum absolute atomic E-state index is 12.7. The van der Waals surface area contributed by atoms with E-state index < -0.39 is 17.6 Å². The lowest BCUT2D eigenvalue weighted by Crippen LogP contribution is -2.53. The minimum absolute atomic E-state index is 0.0244. The molecule has 0 aromatic heterocycles. The molecule has 6 nitrogen and oxygen atoms in total. The first kappa shape index (κ1) is 21.1. The van der Waals surface area contributed by atoms with Crippen molar-refractivity contribution < 1.29 is 23.8 Å². The highest BCUT2D eigenvalue weighted by Crippen LogP contribution is 2.38. The standard InChI is InChI=1S/C21H31NO5/c1-7-26-19(23)18-14(2)22(20(24)27-21(3,4)5)13-12-17(18)15-8-10-16(25-6)11-9-15/h8-11,14,17-18H,7,12-13H2,1-6H3/t14-,17+,18+/m1/s1. The molecule has 150 valence electrons. The molecule has 6 heteroatoms. The van der Waals surface area contributed by atoms with Gasteiger partial charge in [0.25, 0.3) is 0 Å². The molecule has 1 aliphatic heterocycles. The fraction of sp³-hybridized carbons (Fsp3) is 0.619. The van der Waals surface area contributed by atoms with Crippen LogP contribution in [-0.4, -0.2) is 48.9 Å². The number of methoxy groups -OCH3 is 1. The van der Waals surface area contributed by atoms with Gasteiger partial charge in [0.15, 0.2) is 0 Å².